The molecule has 0 amide bonds. The van der Waals surface area contributed by atoms with Crippen molar-refractivity contribution in [1.29, 1.82) is 0 Å². The van der Waals surface area contributed by atoms with Gasteiger partial charge in [0.2, 0.25) is 6.08 Å². The predicted molar refractivity (Wildman–Crippen MR) is 53.2 cm³/mol. The molecule has 0 radical (unpaired) electrons. The van der Waals surface area contributed by atoms with Gasteiger partial charge < -0.3 is 0 Å². The van der Waals surface area contributed by atoms with Crippen LogP contribution in [0.2, 0.25) is 0 Å². The summed E-state index contributed by atoms with van der Waals surface area (Å²) in [6.45, 7) is 2.18. The summed E-state index contributed by atoms with van der Waals surface area (Å²) in [5.41, 5.74) is 1.98. The van der Waals surface area contributed by atoms with Gasteiger partial charge in [0.1, 0.15) is 0 Å². The highest BCUT2D eigenvalue weighted by Crippen LogP contribution is 2.41. The fourth-order valence-corrected chi connectivity index (χ4v) is 2.74. The summed E-state index contributed by atoms with van der Waals surface area (Å²) in [6.07, 6.45) is 2.60. The number of rotatable bonds is 1. The Bertz CT molecular complexity index is 383. The Morgan fingerprint density at radius 2 is 2.46 bits per heavy atom. The molecule has 0 fully saturated rings. The molecular formula is C10H9NOS. The Balaban J connectivity index is 2.51. The number of aliphatic imine (C=N–C) groups is 1. The third-order valence-corrected chi connectivity index (χ3v) is 3.30. The van der Waals surface area contributed by atoms with E-state index >= 15 is 0 Å². The minimum absolute atomic E-state index is 0.595. The Kier molecular flexibility index (Phi) is 2.21. The average molecular weight is 191 g/mol. The van der Waals surface area contributed by atoms with Crippen LogP contribution in [-0.2, 0) is 11.2 Å². The number of benzene rings is 1. The lowest BCUT2D eigenvalue weighted by Crippen LogP contribution is -1.91. The zero-order valence-electron chi connectivity index (χ0n) is 7.28. The molecule has 0 aromatic heterocycles. The molecule has 1 unspecified atom stereocenters. The largest absolute Gasteiger partial charge is 0.240 e. The zero-order valence-corrected chi connectivity index (χ0v) is 8.10. The van der Waals surface area contributed by atoms with Crippen molar-refractivity contribution in [3.63, 3.8) is 0 Å². The highest BCUT2D eigenvalue weighted by Gasteiger charge is 2.20. The van der Waals surface area contributed by atoms with Crippen molar-refractivity contribution < 1.29 is 4.79 Å². The Morgan fingerprint density at radius 3 is 3.23 bits per heavy atom. The molecule has 0 aliphatic carbocycles. The smallest absolute Gasteiger partial charge is 0.211 e. The molecule has 0 spiro atoms. The molecule has 3 heteroatoms. The molecule has 66 valence electrons. The van der Waals surface area contributed by atoms with Crippen LogP contribution < -0.4 is 0 Å². The lowest BCUT2D eigenvalue weighted by Gasteiger charge is -1.98. The third-order valence-electron chi connectivity index (χ3n) is 2.09. The van der Waals surface area contributed by atoms with E-state index < -0.39 is 0 Å². The zero-order chi connectivity index (χ0) is 9.26. The Morgan fingerprint density at radius 1 is 1.62 bits per heavy atom. The van der Waals surface area contributed by atoms with Crippen LogP contribution in [0.1, 0.15) is 12.5 Å². The van der Waals surface area contributed by atoms with E-state index in [1.54, 1.807) is 6.08 Å². The summed E-state index contributed by atoms with van der Waals surface area (Å²) in [5.74, 6) is 0. The van der Waals surface area contributed by atoms with Crippen molar-refractivity contribution in [2.45, 2.75) is 23.5 Å². The minimum Gasteiger partial charge on any atom is -0.211 e. The number of hydrogen-bond acceptors (Lipinski definition) is 3. The van der Waals surface area contributed by atoms with E-state index in [1.807, 2.05) is 23.9 Å². The van der Waals surface area contributed by atoms with Gasteiger partial charge >= 0.3 is 0 Å². The van der Waals surface area contributed by atoms with Crippen LogP contribution in [0.15, 0.2) is 28.1 Å². The Hall–Kier alpha value is -1.05. The number of thioether (sulfide) groups is 1. The van der Waals surface area contributed by atoms with Crippen LogP contribution in [0, 0.1) is 0 Å². The molecule has 0 bridgehead atoms. The number of nitrogens with zero attached hydrogens (tertiary/aromatic N) is 1. The molecule has 0 saturated carbocycles. The standard InChI is InChI=1S/C10H9NOS/c1-7-5-8-9(11-6-12)3-2-4-10(8)13-7/h2-4,7H,5H2,1H3. The molecule has 0 saturated heterocycles. The van der Waals surface area contributed by atoms with Crippen molar-refractivity contribution in [3.8, 4) is 0 Å². The molecule has 0 N–H and O–H groups in total. The molecule has 13 heavy (non-hydrogen) atoms. The highest BCUT2D eigenvalue weighted by atomic mass is 32.2. The molecule has 2 rings (SSSR count). The van der Waals surface area contributed by atoms with Gasteiger partial charge in [-0.05, 0) is 24.1 Å². The highest BCUT2D eigenvalue weighted by molar-refractivity contribution is 8.00. The van der Waals surface area contributed by atoms with Gasteiger partial charge in [0.25, 0.3) is 0 Å². The van der Waals surface area contributed by atoms with Gasteiger partial charge in [0, 0.05) is 10.1 Å². The topological polar surface area (TPSA) is 29.4 Å². The van der Waals surface area contributed by atoms with Crippen LogP contribution in [0.3, 0.4) is 0 Å². The summed E-state index contributed by atoms with van der Waals surface area (Å²) in [4.78, 5) is 15.1. The number of carbonyl (C=O) groups excluding carboxylic acids is 1. The van der Waals surface area contributed by atoms with Crippen molar-refractivity contribution in [2.75, 3.05) is 0 Å². The van der Waals surface area contributed by atoms with E-state index in [-0.39, 0.29) is 0 Å². The van der Waals surface area contributed by atoms with Gasteiger partial charge in [-0.25, -0.2) is 4.79 Å². The number of hydrogen-bond donors (Lipinski definition) is 0. The molecule has 2 nitrogen and oxygen atoms in total. The summed E-state index contributed by atoms with van der Waals surface area (Å²) in [6, 6.07) is 5.87. The average Bonchev–Trinajstić information content (AvgIpc) is 2.47. The predicted octanol–water partition coefficient (Wildman–Crippen LogP) is 2.69. The van der Waals surface area contributed by atoms with E-state index in [9.17, 15) is 4.79 Å². The third kappa shape index (κ3) is 1.53. The molecule has 1 aliphatic heterocycles. The Labute approximate surface area is 81.1 Å². The first-order valence-corrected chi connectivity index (χ1v) is 5.05. The van der Waals surface area contributed by atoms with E-state index in [1.165, 1.54) is 10.5 Å². The van der Waals surface area contributed by atoms with Gasteiger partial charge in [-0.15, -0.1) is 11.8 Å². The van der Waals surface area contributed by atoms with Gasteiger partial charge in [0.05, 0.1) is 5.69 Å². The van der Waals surface area contributed by atoms with Crippen LogP contribution in [0.4, 0.5) is 5.69 Å². The first kappa shape index (κ1) is 8.54. The van der Waals surface area contributed by atoms with E-state index in [4.69, 9.17) is 0 Å². The maximum absolute atomic E-state index is 10.2. The summed E-state index contributed by atoms with van der Waals surface area (Å²) in [5, 5.41) is 0.595. The van der Waals surface area contributed by atoms with Crippen LogP contribution >= 0.6 is 11.8 Å². The first-order chi connectivity index (χ1) is 6.31. The van der Waals surface area contributed by atoms with Crippen LogP contribution in [0.5, 0.6) is 0 Å². The van der Waals surface area contributed by atoms with Crippen molar-refractivity contribution in [3.05, 3.63) is 23.8 Å². The minimum atomic E-state index is 0.595. The van der Waals surface area contributed by atoms with Gasteiger partial charge in [-0.2, -0.15) is 4.99 Å². The molecule has 1 aromatic carbocycles. The number of isocyanates is 1. The second kappa shape index (κ2) is 3.36. The molecule has 1 aliphatic rings. The lowest BCUT2D eigenvalue weighted by molar-refractivity contribution is 0.565. The maximum Gasteiger partial charge on any atom is 0.240 e. The van der Waals surface area contributed by atoms with Crippen molar-refractivity contribution in [2.24, 2.45) is 4.99 Å². The molecular weight excluding hydrogens is 182 g/mol. The van der Waals surface area contributed by atoms with E-state index in [2.05, 4.69) is 18.0 Å². The number of fused-ring (bicyclic) bond motifs is 1. The maximum atomic E-state index is 10.2. The van der Waals surface area contributed by atoms with Crippen molar-refractivity contribution >= 4 is 23.5 Å². The summed E-state index contributed by atoms with van der Waals surface area (Å²) < 4.78 is 0. The summed E-state index contributed by atoms with van der Waals surface area (Å²) in [7, 11) is 0. The molecule has 1 aromatic rings. The molecule has 1 atom stereocenters. The quantitative estimate of drug-likeness (QED) is 0.504. The first-order valence-electron chi connectivity index (χ1n) is 4.17. The van der Waals surface area contributed by atoms with Crippen molar-refractivity contribution in [1.82, 2.24) is 0 Å². The van der Waals surface area contributed by atoms with Crippen LogP contribution in [0.25, 0.3) is 0 Å². The van der Waals surface area contributed by atoms with E-state index in [0.717, 1.165) is 12.1 Å². The van der Waals surface area contributed by atoms with E-state index in [0.29, 0.717) is 5.25 Å². The molecule has 1 heterocycles. The fraction of sp³-hybridized carbons (Fsp3) is 0.300. The normalized spacial score (nSPS) is 19.3. The lowest BCUT2D eigenvalue weighted by atomic mass is 10.1. The second-order valence-corrected chi connectivity index (χ2v) is 4.57. The van der Waals surface area contributed by atoms with Gasteiger partial charge in [0.15, 0.2) is 0 Å². The van der Waals surface area contributed by atoms with Gasteiger partial charge in [-0.1, -0.05) is 13.0 Å². The SMILES string of the molecule is CC1Cc2c(N=C=O)cccc2S1. The van der Waals surface area contributed by atoms with Crippen LogP contribution in [-0.4, -0.2) is 11.3 Å². The van der Waals surface area contributed by atoms with Gasteiger partial charge in [-0.3, -0.25) is 0 Å². The second-order valence-electron chi connectivity index (χ2n) is 3.09. The fourth-order valence-electron chi connectivity index (χ4n) is 1.57. The monoisotopic (exact) mass is 191 g/mol. The summed E-state index contributed by atoms with van der Waals surface area (Å²) >= 11 is 1.84.